The number of hydrogen-bond acceptors (Lipinski definition) is 2. The number of hydrogen-bond donors (Lipinski definition) is 0. The molecule has 6 heteroatoms. The molecule has 0 aliphatic carbocycles. The third kappa shape index (κ3) is 3.09. The van der Waals surface area contributed by atoms with Gasteiger partial charge in [-0.05, 0) is 24.6 Å². The third-order valence-electron chi connectivity index (χ3n) is 3.70. The van der Waals surface area contributed by atoms with E-state index in [-0.39, 0.29) is 10.7 Å². The van der Waals surface area contributed by atoms with E-state index in [2.05, 4.69) is 16.1 Å². The summed E-state index contributed by atoms with van der Waals surface area (Å²) in [5, 5.41) is 7.47. The van der Waals surface area contributed by atoms with Gasteiger partial charge in [-0.1, -0.05) is 29.7 Å². The van der Waals surface area contributed by atoms with E-state index in [0.717, 1.165) is 0 Å². The molecule has 2 nitrogen and oxygen atoms in total. The van der Waals surface area contributed by atoms with E-state index in [1.807, 2.05) is 0 Å². The number of aromatic nitrogens is 2. The van der Waals surface area contributed by atoms with Gasteiger partial charge in [-0.15, -0.1) is 11.5 Å². The van der Waals surface area contributed by atoms with Gasteiger partial charge in [0.2, 0.25) is 0 Å². The first kappa shape index (κ1) is 17.0. The first-order chi connectivity index (χ1) is 11.9. The fraction of sp³-hybridized carbons (Fsp3) is 0.0526. The van der Waals surface area contributed by atoms with Gasteiger partial charge < -0.3 is 0 Å². The molecule has 1 aromatic heterocycles. The average molecular weight is 359 g/mol. The van der Waals surface area contributed by atoms with Crippen LogP contribution in [0.25, 0.3) is 22.3 Å². The Hall–Kier alpha value is -2.84. The van der Waals surface area contributed by atoms with Crippen LogP contribution in [-0.2, 0) is 0 Å². The summed E-state index contributed by atoms with van der Waals surface area (Å²) in [5.41, 5.74) is 1.61. The lowest BCUT2D eigenvalue weighted by Gasteiger charge is -2.15. The van der Waals surface area contributed by atoms with Crippen LogP contribution in [0.2, 0.25) is 5.15 Å². The molecule has 0 unspecified atom stereocenters. The van der Waals surface area contributed by atoms with E-state index >= 15 is 0 Å². The van der Waals surface area contributed by atoms with Crippen molar-refractivity contribution in [2.45, 2.75) is 6.92 Å². The van der Waals surface area contributed by atoms with Gasteiger partial charge in [0.25, 0.3) is 0 Å². The molecule has 3 aromatic rings. The lowest BCUT2D eigenvalue weighted by Crippen LogP contribution is -2.01. The van der Waals surface area contributed by atoms with Crippen molar-refractivity contribution in [1.29, 1.82) is 0 Å². The molecule has 0 fully saturated rings. The van der Waals surface area contributed by atoms with E-state index in [0.29, 0.717) is 34.5 Å². The Bertz CT molecular complexity index is 985. The van der Waals surface area contributed by atoms with Crippen molar-refractivity contribution in [1.82, 2.24) is 10.2 Å². The summed E-state index contributed by atoms with van der Waals surface area (Å²) in [6.07, 6.45) is 5.34. The summed E-state index contributed by atoms with van der Waals surface area (Å²) < 4.78 is 41.9. The van der Waals surface area contributed by atoms with Gasteiger partial charge in [0.1, 0.15) is 17.5 Å². The normalized spacial score (nSPS) is 10.6. The van der Waals surface area contributed by atoms with Crippen LogP contribution in [0.15, 0.2) is 36.4 Å². The Morgan fingerprint density at radius 1 is 0.920 bits per heavy atom. The van der Waals surface area contributed by atoms with Crippen LogP contribution in [0.5, 0.6) is 0 Å². The predicted octanol–water partition coefficient (Wildman–Crippen LogP) is 5.17. The monoisotopic (exact) mass is 358 g/mol. The van der Waals surface area contributed by atoms with Crippen LogP contribution >= 0.6 is 11.6 Å². The predicted molar refractivity (Wildman–Crippen MR) is 90.5 cm³/mol. The summed E-state index contributed by atoms with van der Waals surface area (Å²) in [6.45, 7) is 1.64. The number of benzene rings is 2. The standard InChI is InChI=1S/C19H10ClF3N2/c1-3-11-4-6-12(7-5-11)16-10(2)24-25-19(20)18(16)17-14(22)8-13(21)9-15(17)23/h1,4-9H,2H3. The molecule has 2 aromatic carbocycles. The van der Waals surface area contributed by atoms with Crippen LogP contribution in [0, 0.1) is 36.7 Å². The Kier molecular flexibility index (Phi) is 4.47. The Balaban J connectivity index is 2.35. The fourth-order valence-corrected chi connectivity index (χ4v) is 2.83. The maximum Gasteiger partial charge on any atom is 0.160 e. The SMILES string of the molecule is C#Cc1ccc(-c2c(C)nnc(Cl)c2-c2c(F)cc(F)cc2F)cc1. The van der Waals surface area contributed by atoms with Gasteiger partial charge in [-0.25, -0.2) is 13.2 Å². The van der Waals surface area contributed by atoms with Gasteiger partial charge in [0, 0.05) is 28.8 Å². The number of aryl methyl sites for hydroxylation is 1. The lowest BCUT2D eigenvalue weighted by molar-refractivity contribution is 0.548. The second-order valence-electron chi connectivity index (χ2n) is 5.29. The molecule has 0 saturated heterocycles. The van der Waals surface area contributed by atoms with Crippen molar-refractivity contribution >= 4 is 11.6 Å². The average Bonchev–Trinajstić information content (AvgIpc) is 2.57. The zero-order chi connectivity index (χ0) is 18.1. The highest BCUT2D eigenvalue weighted by molar-refractivity contribution is 6.32. The molecule has 124 valence electrons. The zero-order valence-corrected chi connectivity index (χ0v) is 13.7. The summed E-state index contributed by atoms with van der Waals surface area (Å²) in [6, 6.07) is 7.94. The zero-order valence-electron chi connectivity index (χ0n) is 12.9. The van der Waals surface area contributed by atoms with Gasteiger partial charge >= 0.3 is 0 Å². The van der Waals surface area contributed by atoms with Crippen molar-refractivity contribution in [3.8, 4) is 34.6 Å². The van der Waals surface area contributed by atoms with Gasteiger partial charge in [-0.3, -0.25) is 0 Å². The van der Waals surface area contributed by atoms with Crippen molar-refractivity contribution in [2.24, 2.45) is 0 Å². The molecule has 3 rings (SSSR count). The minimum Gasteiger partial charge on any atom is -0.207 e. The number of halogens is 4. The first-order valence-electron chi connectivity index (χ1n) is 7.17. The molecule has 0 radical (unpaired) electrons. The Labute approximate surface area is 147 Å². The minimum atomic E-state index is -1.08. The van der Waals surface area contributed by atoms with Crippen molar-refractivity contribution in [2.75, 3.05) is 0 Å². The molecule has 0 N–H and O–H groups in total. The van der Waals surface area contributed by atoms with Gasteiger partial charge in [0.05, 0.1) is 11.3 Å². The maximum atomic E-state index is 14.3. The molecule has 25 heavy (non-hydrogen) atoms. The van der Waals surface area contributed by atoms with Crippen molar-refractivity contribution in [3.05, 3.63) is 70.3 Å². The number of rotatable bonds is 2. The molecule has 0 amide bonds. The van der Waals surface area contributed by atoms with E-state index < -0.39 is 23.0 Å². The first-order valence-corrected chi connectivity index (χ1v) is 7.55. The largest absolute Gasteiger partial charge is 0.207 e. The highest BCUT2D eigenvalue weighted by Gasteiger charge is 2.23. The van der Waals surface area contributed by atoms with E-state index in [1.165, 1.54) is 0 Å². The molecule has 1 heterocycles. The second-order valence-corrected chi connectivity index (χ2v) is 5.65. The van der Waals surface area contributed by atoms with Crippen LogP contribution in [0.4, 0.5) is 13.2 Å². The van der Waals surface area contributed by atoms with Crippen LogP contribution < -0.4 is 0 Å². The molecular formula is C19H10ClF3N2. The Morgan fingerprint density at radius 3 is 2.08 bits per heavy atom. The summed E-state index contributed by atoms with van der Waals surface area (Å²) in [4.78, 5) is 0. The third-order valence-corrected chi connectivity index (χ3v) is 3.97. The molecule has 0 saturated carbocycles. The summed E-state index contributed by atoms with van der Waals surface area (Å²) in [7, 11) is 0. The molecule has 0 aliphatic rings. The minimum absolute atomic E-state index is 0.0117. The summed E-state index contributed by atoms with van der Waals surface area (Å²) >= 11 is 6.10. The van der Waals surface area contributed by atoms with E-state index in [1.54, 1.807) is 31.2 Å². The number of nitrogens with zero attached hydrogens (tertiary/aromatic N) is 2. The highest BCUT2D eigenvalue weighted by Crippen LogP contribution is 2.40. The summed E-state index contributed by atoms with van der Waals surface area (Å²) in [5.74, 6) is -0.684. The molecule has 0 bridgehead atoms. The number of terminal acetylenes is 1. The fourth-order valence-electron chi connectivity index (χ4n) is 2.60. The Morgan fingerprint density at radius 2 is 1.52 bits per heavy atom. The van der Waals surface area contributed by atoms with Crippen molar-refractivity contribution < 1.29 is 13.2 Å². The van der Waals surface area contributed by atoms with E-state index in [4.69, 9.17) is 18.0 Å². The van der Waals surface area contributed by atoms with Crippen LogP contribution in [-0.4, -0.2) is 10.2 Å². The van der Waals surface area contributed by atoms with Crippen LogP contribution in [0.3, 0.4) is 0 Å². The second kappa shape index (κ2) is 6.58. The van der Waals surface area contributed by atoms with Gasteiger partial charge in [0.15, 0.2) is 5.15 Å². The molecular weight excluding hydrogens is 349 g/mol. The lowest BCUT2D eigenvalue weighted by atomic mass is 9.94. The molecule has 0 aliphatic heterocycles. The maximum absolute atomic E-state index is 14.3. The quantitative estimate of drug-likeness (QED) is 0.590. The molecule has 0 atom stereocenters. The van der Waals surface area contributed by atoms with Crippen LogP contribution in [0.1, 0.15) is 11.3 Å². The van der Waals surface area contributed by atoms with E-state index in [9.17, 15) is 13.2 Å². The van der Waals surface area contributed by atoms with Gasteiger partial charge in [-0.2, -0.15) is 5.10 Å². The highest BCUT2D eigenvalue weighted by atomic mass is 35.5. The topological polar surface area (TPSA) is 25.8 Å². The van der Waals surface area contributed by atoms with Crippen molar-refractivity contribution in [3.63, 3.8) is 0 Å². The smallest absolute Gasteiger partial charge is 0.160 e. The molecule has 0 spiro atoms.